The highest BCUT2D eigenvalue weighted by atomic mass is 16.8. The molecule has 6 aliphatic rings. The molecule has 4 heterocycles. The maximum absolute atomic E-state index is 15.5. The Bertz CT molecular complexity index is 2010. The highest BCUT2D eigenvalue weighted by molar-refractivity contribution is 5.97. The van der Waals surface area contributed by atoms with Crippen molar-refractivity contribution in [3.63, 3.8) is 0 Å². The number of nitrogens with zero attached hydrogens (tertiary/aromatic N) is 3. The number of carbonyl (C=O) groups excluding carboxylic acids is 5. The first-order valence-electron chi connectivity index (χ1n) is 20.6. The van der Waals surface area contributed by atoms with Gasteiger partial charge >= 0.3 is 11.9 Å². The standard InChI is InChI=1S/C44H54N4O11/c1-42(2,3)56-34(51)19-17-30(25-49)45-39(52)31-15-10-20-47(31)41(54)44-23-32-35-36(58-43(57-35)21-27-12-7-8-13-28(27)22-43)38(44)59-48(37(44)40(53)55-32)24-29-14-9-6-11-26(29)16-18-33(50)46(4)5/h6-9,11-14,16,18,30-32,35-38,49H,10,15,17,19-25H2,1-5H3,(H,45,52)/t30-,31+,32-,35-,36-,37-,38+,44-/m0/s1. The van der Waals surface area contributed by atoms with Gasteiger partial charge in [-0.1, -0.05) is 48.5 Å². The van der Waals surface area contributed by atoms with Crippen LogP contribution in [0.1, 0.15) is 75.1 Å². The SMILES string of the molecule is CN(C)C(=O)C=Cc1ccccc1CN1O[C@@H]2[C@H]3OC4(Cc5ccccc5C4)O[C@H]3[C@@H]3C[C@]2(C(=O)N2CCC[C@@H]2C(=O)N[C@H](CO)CCC(=O)OC(C)(C)C)[C@@H]1C(=O)O3. The third-order valence-corrected chi connectivity index (χ3v) is 12.4. The van der Waals surface area contributed by atoms with Crippen LogP contribution in [0.5, 0.6) is 0 Å². The number of aliphatic hydroxyl groups is 1. The van der Waals surface area contributed by atoms with Crippen LogP contribution in [0, 0.1) is 5.41 Å². The van der Waals surface area contributed by atoms with Crippen molar-refractivity contribution in [1.82, 2.24) is 20.2 Å². The minimum absolute atomic E-state index is 0.0126. The number of ether oxygens (including phenoxy) is 4. The van der Waals surface area contributed by atoms with E-state index in [4.69, 9.17) is 23.8 Å². The number of esters is 2. The van der Waals surface area contributed by atoms with Crippen molar-refractivity contribution >= 4 is 35.7 Å². The number of hydroxylamine groups is 2. The van der Waals surface area contributed by atoms with Crippen LogP contribution >= 0.6 is 0 Å². The van der Waals surface area contributed by atoms with Gasteiger partial charge in [0.25, 0.3) is 0 Å². The lowest BCUT2D eigenvalue weighted by Gasteiger charge is -2.50. The van der Waals surface area contributed by atoms with Crippen molar-refractivity contribution in [2.45, 2.75) is 126 Å². The van der Waals surface area contributed by atoms with E-state index in [-0.39, 0.29) is 38.3 Å². The third-order valence-electron chi connectivity index (χ3n) is 12.4. The summed E-state index contributed by atoms with van der Waals surface area (Å²) in [4.78, 5) is 78.7. The van der Waals surface area contributed by atoms with Gasteiger partial charge in [0.05, 0.1) is 19.2 Å². The lowest BCUT2D eigenvalue weighted by Crippen LogP contribution is -2.70. The quantitative estimate of drug-likeness (QED) is 0.251. The van der Waals surface area contributed by atoms with Gasteiger partial charge in [-0.05, 0) is 68.4 Å². The molecule has 1 saturated carbocycles. The molecule has 59 heavy (non-hydrogen) atoms. The number of benzene rings is 2. The van der Waals surface area contributed by atoms with Crippen LogP contribution in [0.3, 0.4) is 0 Å². The second-order valence-corrected chi connectivity index (χ2v) is 17.9. The minimum Gasteiger partial charge on any atom is -0.460 e. The lowest BCUT2D eigenvalue weighted by molar-refractivity contribution is -0.218. The Hall–Kier alpha value is -4.67. The fourth-order valence-electron chi connectivity index (χ4n) is 9.80. The summed E-state index contributed by atoms with van der Waals surface area (Å²) < 4.78 is 25.3. The molecule has 15 nitrogen and oxygen atoms in total. The average molecular weight is 815 g/mol. The number of hydrogen-bond acceptors (Lipinski definition) is 12. The highest BCUT2D eigenvalue weighted by Crippen LogP contribution is 2.59. The van der Waals surface area contributed by atoms with Crippen LogP contribution in [0.2, 0.25) is 0 Å². The van der Waals surface area contributed by atoms with Gasteiger partial charge in [-0.25, -0.2) is 0 Å². The van der Waals surface area contributed by atoms with Crippen molar-refractivity contribution in [3.8, 4) is 0 Å². The molecule has 0 radical (unpaired) electrons. The number of hydrogen-bond donors (Lipinski definition) is 2. The number of nitrogens with one attached hydrogen (secondary N) is 1. The molecule has 4 saturated heterocycles. The van der Waals surface area contributed by atoms with Gasteiger partial charge in [0, 0.05) is 52.4 Å². The Morgan fingerprint density at radius 2 is 1.73 bits per heavy atom. The molecule has 2 bridgehead atoms. The first kappa shape index (κ1) is 41.1. The molecule has 4 aliphatic heterocycles. The molecule has 2 aromatic rings. The number of carbonyl (C=O) groups is 5. The molecule has 3 amide bonds. The van der Waals surface area contributed by atoms with Gasteiger partial charge in [0.15, 0.2) is 11.8 Å². The predicted octanol–water partition coefficient (Wildman–Crippen LogP) is 2.46. The fourth-order valence-corrected chi connectivity index (χ4v) is 9.80. The summed E-state index contributed by atoms with van der Waals surface area (Å²) in [5.41, 5.74) is 1.48. The Morgan fingerprint density at radius 3 is 2.42 bits per heavy atom. The van der Waals surface area contributed by atoms with Crippen LogP contribution in [0.15, 0.2) is 54.6 Å². The van der Waals surface area contributed by atoms with Gasteiger partial charge in [0.2, 0.25) is 17.7 Å². The molecular weight excluding hydrogens is 761 g/mol. The molecule has 15 heteroatoms. The molecule has 2 aromatic carbocycles. The van der Waals surface area contributed by atoms with Gasteiger partial charge < -0.3 is 39.2 Å². The zero-order valence-electron chi connectivity index (χ0n) is 34.3. The molecule has 8 atom stereocenters. The molecule has 8 rings (SSSR count). The maximum atomic E-state index is 15.5. The Kier molecular flexibility index (Phi) is 11.0. The number of fused-ring (bicyclic) bond motifs is 5. The first-order valence-corrected chi connectivity index (χ1v) is 20.6. The van der Waals surface area contributed by atoms with Crippen LogP contribution in [0.4, 0.5) is 0 Å². The maximum Gasteiger partial charge on any atom is 0.327 e. The second kappa shape index (κ2) is 15.7. The molecule has 2 aliphatic carbocycles. The molecule has 1 spiro atoms. The summed E-state index contributed by atoms with van der Waals surface area (Å²) in [6, 6.07) is 12.6. The largest absolute Gasteiger partial charge is 0.460 e. The summed E-state index contributed by atoms with van der Waals surface area (Å²) in [6.45, 7) is 5.22. The zero-order valence-corrected chi connectivity index (χ0v) is 34.3. The van der Waals surface area contributed by atoms with Crippen molar-refractivity contribution < 1.29 is 52.9 Å². The molecule has 0 aromatic heterocycles. The van der Waals surface area contributed by atoms with Gasteiger partial charge in [-0.15, -0.1) is 0 Å². The molecule has 0 unspecified atom stereocenters. The molecule has 2 N–H and O–H groups in total. The Labute approximate surface area is 343 Å². The van der Waals surface area contributed by atoms with Gasteiger partial charge in [0.1, 0.15) is 41.5 Å². The minimum atomic E-state index is -1.51. The van der Waals surface area contributed by atoms with E-state index in [1.165, 1.54) is 16.0 Å². The topological polar surface area (TPSA) is 173 Å². The van der Waals surface area contributed by atoms with Crippen molar-refractivity contribution in [2.24, 2.45) is 5.41 Å². The van der Waals surface area contributed by atoms with Crippen LogP contribution in [-0.4, -0.2) is 131 Å². The molecule has 5 fully saturated rings. The number of aliphatic hydroxyl groups excluding tert-OH is 1. The van der Waals surface area contributed by atoms with Gasteiger partial charge in [-0.3, -0.25) is 28.8 Å². The van der Waals surface area contributed by atoms with E-state index in [1.807, 2.05) is 48.5 Å². The molecule has 316 valence electrons. The number of likely N-dealkylation sites (N-methyl/N-ethyl adjacent to an activating group) is 1. The fraction of sp³-hybridized carbons (Fsp3) is 0.568. The van der Waals surface area contributed by atoms with E-state index in [1.54, 1.807) is 45.8 Å². The van der Waals surface area contributed by atoms with Crippen LogP contribution in [-0.2, 0) is 67.1 Å². The highest BCUT2D eigenvalue weighted by Gasteiger charge is 2.77. The van der Waals surface area contributed by atoms with Crippen molar-refractivity contribution in [3.05, 3.63) is 76.9 Å². The smallest absolute Gasteiger partial charge is 0.327 e. The van der Waals surface area contributed by atoms with Gasteiger partial charge in [-0.2, -0.15) is 5.06 Å². The summed E-state index contributed by atoms with van der Waals surface area (Å²) in [7, 11) is 3.33. The third kappa shape index (κ3) is 7.67. The number of amides is 3. The van der Waals surface area contributed by atoms with E-state index >= 15 is 4.79 Å². The molecular formula is C44H54N4O11. The summed E-state index contributed by atoms with van der Waals surface area (Å²) in [5, 5.41) is 14.6. The normalized spacial score (nSPS) is 29.6. The van der Waals surface area contributed by atoms with Crippen LogP contribution in [0.25, 0.3) is 6.08 Å². The van der Waals surface area contributed by atoms with Crippen molar-refractivity contribution in [1.29, 1.82) is 0 Å². The predicted molar refractivity (Wildman–Crippen MR) is 210 cm³/mol. The monoisotopic (exact) mass is 814 g/mol. The summed E-state index contributed by atoms with van der Waals surface area (Å²) in [5.74, 6) is -3.18. The number of rotatable bonds is 11. The average Bonchev–Trinajstić information content (AvgIpc) is 3.98. The summed E-state index contributed by atoms with van der Waals surface area (Å²) >= 11 is 0. The van der Waals surface area contributed by atoms with E-state index in [2.05, 4.69) is 5.32 Å². The van der Waals surface area contributed by atoms with E-state index in [0.29, 0.717) is 25.7 Å². The number of likely N-dealkylation sites (tertiary alicyclic amines) is 1. The lowest BCUT2D eigenvalue weighted by atomic mass is 9.62. The van der Waals surface area contributed by atoms with E-state index in [9.17, 15) is 24.3 Å². The van der Waals surface area contributed by atoms with E-state index in [0.717, 1.165) is 22.3 Å². The Morgan fingerprint density at radius 1 is 1.03 bits per heavy atom. The van der Waals surface area contributed by atoms with Crippen LogP contribution < -0.4 is 5.32 Å². The Balaban J connectivity index is 1.10. The first-order chi connectivity index (χ1) is 28.1. The summed E-state index contributed by atoms with van der Waals surface area (Å²) in [6.07, 6.45) is 1.99. The van der Waals surface area contributed by atoms with E-state index < -0.39 is 89.7 Å². The second-order valence-electron chi connectivity index (χ2n) is 17.9. The van der Waals surface area contributed by atoms with Crippen molar-refractivity contribution in [2.75, 3.05) is 27.2 Å². The zero-order chi connectivity index (χ0) is 41.9.